The van der Waals surface area contributed by atoms with Gasteiger partial charge in [-0.1, -0.05) is 71.4 Å². The molecule has 1 aliphatic heterocycles. The van der Waals surface area contributed by atoms with Crippen LogP contribution >= 0.6 is 35.0 Å². The summed E-state index contributed by atoms with van der Waals surface area (Å²) in [4.78, 5) is 18.8. The predicted molar refractivity (Wildman–Crippen MR) is 102 cm³/mol. The van der Waals surface area contributed by atoms with Crippen molar-refractivity contribution in [1.29, 1.82) is 0 Å². The minimum atomic E-state index is -0.130. The monoisotopic (exact) mass is 376 g/mol. The number of benzene rings is 2. The second-order valence-electron chi connectivity index (χ2n) is 5.17. The van der Waals surface area contributed by atoms with E-state index in [1.807, 2.05) is 36.6 Å². The molecular weight excluding hydrogens is 363 g/mol. The van der Waals surface area contributed by atoms with E-state index in [0.29, 0.717) is 27.5 Å². The van der Waals surface area contributed by atoms with Crippen molar-refractivity contribution in [1.82, 2.24) is 4.90 Å². The first-order chi connectivity index (χ1) is 11.6. The van der Waals surface area contributed by atoms with Gasteiger partial charge in [0.25, 0.3) is 5.91 Å². The smallest absolute Gasteiger partial charge is 0.278 e. The zero-order valence-corrected chi connectivity index (χ0v) is 15.2. The quantitative estimate of drug-likeness (QED) is 0.698. The molecule has 0 bridgehead atoms. The van der Waals surface area contributed by atoms with Crippen LogP contribution in [0.5, 0.6) is 0 Å². The van der Waals surface area contributed by atoms with E-state index in [4.69, 9.17) is 23.2 Å². The van der Waals surface area contributed by atoms with Crippen molar-refractivity contribution < 1.29 is 4.79 Å². The molecule has 6 heteroatoms. The van der Waals surface area contributed by atoms with Gasteiger partial charge in [0.1, 0.15) is 5.70 Å². The molecule has 3 nitrogen and oxygen atoms in total. The molecule has 1 amide bonds. The van der Waals surface area contributed by atoms with Crippen molar-refractivity contribution >= 4 is 52.1 Å². The summed E-state index contributed by atoms with van der Waals surface area (Å²) in [7, 11) is 0. The fraction of sp³-hybridized carbons (Fsp3) is 0.111. The highest BCUT2D eigenvalue weighted by atomic mass is 35.5. The number of thioether (sulfide) groups is 1. The molecule has 24 heavy (non-hydrogen) atoms. The van der Waals surface area contributed by atoms with Crippen molar-refractivity contribution in [3.63, 3.8) is 0 Å². The molecule has 0 spiro atoms. The van der Waals surface area contributed by atoms with E-state index in [1.54, 1.807) is 29.2 Å². The van der Waals surface area contributed by atoms with Gasteiger partial charge in [-0.3, -0.25) is 9.69 Å². The van der Waals surface area contributed by atoms with Crippen LogP contribution < -0.4 is 0 Å². The van der Waals surface area contributed by atoms with Gasteiger partial charge in [-0.05, 0) is 35.6 Å². The lowest BCUT2D eigenvalue weighted by atomic mass is 10.2. The van der Waals surface area contributed by atoms with E-state index in [9.17, 15) is 4.79 Å². The summed E-state index contributed by atoms with van der Waals surface area (Å²) >= 11 is 13.5. The summed E-state index contributed by atoms with van der Waals surface area (Å²) in [5, 5.41) is 1.73. The molecule has 0 fully saturated rings. The molecule has 0 aromatic heterocycles. The first-order valence-electron chi connectivity index (χ1n) is 7.23. The topological polar surface area (TPSA) is 32.7 Å². The number of carbonyl (C=O) groups excluding carboxylic acids is 1. The van der Waals surface area contributed by atoms with E-state index >= 15 is 0 Å². The normalized spacial score (nSPS) is 16.0. The van der Waals surface area contributed by atoms with Crippen LogP contribution in [-0.2, 0) is 11.3 Å². The third kappa shape index (κ3) is 3.66. The van der Waals surface area contributed by atoms with Crippen LogP contribution in [-0.4, -0.2) is 22.2 Å². The van der Waals surface area contributed by atoms with Crippen LogP contribution in [0.25, 0.3) is 6.08 Å². The van der Waals surface area contributed by atoms with Crippen molar-refractivity contribution in [2.45, 2.75) is 6.54 Å². The number of rotatable bonds is 3. The van der Waals surface area contributed by atoms with Gasteiger partial charge in [0.05, 0.1) is 6.54 Å². The van der Waals surface area contributed by atoms with Gasteiger partial charge < -0.3 is 0 Å². The third-order valence-electron chi connectivity index (χ3n) is 3.53. The van der Waals surface area contributed by atoms with Gasteiger partial charge in [0, 0.05) is 10.0 Å². The Morgan fingerprint density at radius 2 is 1.92 bits per heavy atom. The number of amides is 1. The second-order valence-corrected chi connectivity index (χ2v) is 6.79. The fourth-order valence-electron chi connectivity index (χ4n) is 2.36. The number of amidine groups is 1. The second kappa shape index (κ2) is 7.43. The maximum atomic E-state index is 12.7. The maximum Gasteiger partial charge on any atom is 0.278 e. The summed E-state index contributed by atoms with van der Waals surface area (Å²) in [6.07, 6.45) is 3.60. The van der Waals surface area contributed by atoms with Gasteiger partial charge >= 0.3 is 0 Å². The fourth-order valence-corrected chi connectivity index (χ4v) is 3.38. The van der Waals surface area contributed by atoms with Crippen molar-refractivity contribution in [2.24, 2.45) is 4.99 Å². The van der Waals surface area contributed by atoms with E-state index in [2.05, 4.69) is 4.99 Å². The van der Waals surface area contributed by atoms with Gasteiger partial charge in [0.2, 0.25) is 0 Å². The average molecular weight is 377 g/mol. The number of hydrogen-bond donors (Lipinski definition) is 0. The lowest BCUT2D eigenvalue weighted by Gasteiger charge is -2.16. The molecule has 0 saturated heterocycles. The molecule has 2 aromatic carbocycles. The van der Waals surface area contributed by atoms with Gasteiger partial charge in [0.15, 0.2) is 5.17 Å². The van der Waals surface area contributed by atoms with E-state index in [1.165, 1.54) is 11.8 Å². The Bertz CT molecular complexity index is 834. The molecule has 0 unspecified atom stereocenters. The molecule has 0 radical (unpaired) electrons. The summed E-state index contributed by atoms with van der Waals surface area (Å²) in [5.74, 6) is -0.130. The summed E-state index contributed by atoms with van der Waals surface area (Å²) in [6, 6.07) is 15.0. The van der Waals surface area contributed by atoms with Crippen LogP contribution in [0.3, 0.4) is 0 Å². The van der Waals surface area contributed by atoms with Crippen LogP contribution in [0, 0.1) is 0 Å². The SMILES string of the molecule is CSC1=NC(=Cc2ccc(Cl)cc2Cl)C(=O)N1Cc1ccccc1. The van der Waals surface area contributed by atoms with Gasteiger partial charge in [-0.25, -0.2) is 4.99 Å². The van der Waals surface area contributed by atoms with Crippen molar-refractivity contribution in [2.75, 3.05) is 6.26 Å². The van der Waals surface area contributed by atoms with Gasteiger partial charge in [-0.2, -0.15) is 0 Å². The Morgan fingerprint density at radius 1 is 1.17 bits per heavy atom. The highest BCUT2D eigenvalue weighted by Gasteiger charge is 2.29. The van der Waals surface area contributed by atoms with Crippen molar-refractivity contribution in [3.05, 3.63) is 75.4 Å². The molecular formula is C18H14Cl2N2OS. The lowest BCUT2D eigenvalue weighted by Crippen LogP contribution is -2.29. The first kappa shape index (κ1) is 17.1. The van der Waals surface area contributed by atoms with E-state index in [0.717, 1.165) is 11.1 Å². The highest BCUT2D eigenvalue weighted by Crippen LogP contribution is 2.28. The Balaban J connectivity index is 1.90. The molecule has 0 saturated carbocycles. The number of halogens is 2. The van der Waals surface area contributed by atoms with Crippen LogP contribution in [0.1, 0.15) is 11.1 Å². The molecule has 3 rings (SSSR count). The molecule has 0 atom stereocenters. The van der Waals surface area contributed by atoms with Crippen LogP contribution in [0.4, 0.5) is 0 Å². The molecule has 1 heterocycles. The predicted octanol–water partition coefficient (Wildman–Crippen LogP) is 5.10. The molecule has 1 aliphatic rings. The maximum absolute atomic E-state index is 12.7. The average Bonchev–Trinajstić information content (AvgIpc) is 2.87. The number of nitrogens with zero attached hydrogens (tertiary/aromatic N) is 2. The standard InChI is InChI=1S/C18H14Cl2N2OS/c1-24-18-21-16(9-13-7-8-14(19)10-15(13)20)17(23)22(18)11-12-5-3-2-4-6-12/h2-10H,11H2,1H3. The zero-order valence-electron chi connectivity index (χ0n) is 12.9. The lowest BCUT2D eigenvalue weighted by molar-refractivity contribution is -0.122. The van der Waals surface area contributed by atoms with Crippen LogP contribution in [0.2, 0.25) is 10.0 Å². The number of carbonyl (C=O) groups is 1. The summed E-state index contributed by atoms with van der Waals surface area (Å²) in [6.45, 7) is 0.491. The van der Waals surface area contributed by atoms with E-state index in [-0.39, 0.29) is 5.91 Å². The van der Waals surface area contributed by atoms with Crippen LogP contribution in [0.15, 0.2) is 59.2 Å². The number of hydrogen-bond acceptors (Lipinski definition) is 3. The minimum absolute atomic E-state index is 0.130. The summed E-state index contributed by atoms with van der Waals surface area (Å²) in [5.41, 5.74) is 2.15. The van der Waals surface area contributed by atoms with E-state index < -0.39 is 0 Å². The first-order valence-corrected chi connectivity index (χ1v) is 9.22. The highest BCUT2D eigenvalue weighted by molar-refractivity contribution is 8.13. The molecule has 122 valence electrons. The Hall–Kier alpha value is -1.75. The van der Waals surface area contributed by atoms with Crippen molar-refractivity contribution in [3.8, 4) is 0 Å². The van der Waals surface area contributed by atoms with Gasteiger partial charge in [-0.15, -0.1) is 0 Å². The Kier molecular flexibility index (Phi) is 5.29. The molecule has 2 aromatic rings. The molecule has 0 aliphatic carbocycles. The minimum Gasteiger partial charge on any atom is -0.281 e. The largest absolute Gasteiger partial charge is 0.281 e. The number of aliphatic imine (C=N–C) groups is 1. The third-order valence-corrected chi connectivity index (χ3v) is 4.77. The summed E-state index contributed by atoms with van der Waals surface area (Å²) < 4.78 is 0. The zero-order chi connectivity index (χ0) is 17.1. The molecule has 0 N–H and O–H groups in total. The Labute approximate surface area is 155 Å². The Morgan fingerprint density at radius 3 is 2.58 bits per heavy atom.